The van der Waals surface area contributed by atoms with Crippen molar-refractivity contribution in [2.75, 3.05) is 26.7 Å². The van der Waals surface area contributed by atoms with Crippen molar-refractivity contribution < 1.29 is 23.1 Å². The summed E-state index contributed by atoms with van der Waals surface area (Å²) in [6, 6.07) is 1.19. The lowest BCUT2D eigenvalue weighted by Gasteiger charge is -2.37. The van der Waals surface area contributed by atoms with Gasteiger partial charge in [0.1, 0.15) is 11.7 Å². The van der Waals surface area contributed by atoms with Gasteiger partial charge in [-0.2, -0.15) is 4.31 Å². The Hall–Kier alpha value is -2.94. The number of ether oxygens (including phenoxy) is 1. The number of aryl methyl sites for hydroxylation is 1. The first-order valence-electron chi connectivity index (χ1n) is 11.5. The topological polar surface area (TPSA) is 118 Å². The van der Waals surface area contributed by atoms with E-state index in [1.165, 1.54) is 23.9 Å². The van der Waals surface area contributed by atoms with Gasteiger partial charge in [0, 0.05) is 50.4 Å². The van der Waals surface area contributed by atoms with Gasteiger partial charge in [-0.25, -0.2) is 18.4 Å². The molecule has 3 heterocycles. The number of hydrogen-bond acceptors (Lipinski definition) is 7. The van der Waals surface area contributed by atoms with Crippen molar-refractivity contribution >= 4 is 15.9 Å². The molecule has 0 spiro atoms. The van der Waals surface area contributed by atoms with Gasteiger partial charge < -0.3 is 19.3 Å². The Morgan fingerprint density at radius 1 is 1.31 bits per heavy atom. The highest BCUT2D eigenvalue weighted by atomic mass is 32.2. The molecule has 0 fully saturated rings. The van der Waals surface area contributed by atoms with E-state index in [1.807, 2.05) is 20.8 Å². The van der Waals surface area contributed by atoms with Crippen LogP contribution in [0.15, 0.2) is 29.8 Å². The summed E-state index contributed by atoms with van der Waals surface area (Å²) in [5, 5.41) is 9.73. The lowest BCUT2D eigenvalue weighted by molar-refractivity contribution is 0.0373. The molecule has 0 aliphatic carbocycles. The van der Waals surface area contributed by atoms with E-state index >= 15 is 0 Å². The van der Waals surface area contributed by atoms with E-state index in [2.05, 4.69) is 21.8 Å². The SMILES string of the molecule is CC(C)C#Cc1cnc2c(c1)C(=O)N([C@@H](C)CO)C[C@H](C)[C@H](CN(C)S(=O)(=O)c1cn(C)cn1)O2. The van der Waals surface area contributed by atoms with Crippen LogP contribution in [0.3, 0.4) is 0 Å². The molecule has 10 nitrogen and oxygen atoms in total. The van der Waals surface area contributed by atoms with Gasteiger partial charge in [-0.05, 0) is 13.0 Å². The Morgan fingerprint density at radius 3 is 2.63 bits per heavy atom. The summed E-state index contributed by atoms with van der Waals surface area (Å²) in [6.45, 7) is 7.64. The van der Waals surface area contributed by atoms with Crippen molar-refractivity contribution in [1.29, 1.82) is 0 Å². The quantitative estimate of drug-likeness (QED) is 0.592. The second-order valence-corrected chi connectivity index (χ2v) is 11.3. The molecule has 2 aromatic heterocycles. The van der Waals surface area contributed by atoms with E-state index in [0.717, 1.165) is 0 Å². The van der Waals surface area contributed by atoms with E-state index in [9.17, 15) is 18.3 Å². The number of carbonyl (C=O) groups excluding carboxylic acids is 1. The zero-order valence-corrected chi connectivity index (χ0v) is 21.8. The Kier molecular flexibility index (Phi) is 8.20. The summed E-state index contributed by atoms with van der Waals surface area (Å²) >= 11 is 0. The van der Waals surface area contributed by atoms with Gasteiger partial charge in [0.15, 0.2) is 5.03 Å². The van der Waals surface area contributed by atoms with Crippen LogP contribution in [0.25, 0.3) is 0 Å². The van der Waals surface area contributed by atoms with Crippen LogP contribution in [0.5, 0.6) is 5.88 Å². The molecule has 0 saturated carbocycles. The number of carbonyl (C=O) groups is 1. The molecular formula is C24H33N5O5S. The first-order chi connectivity index (χ1) is 16.4. The number of nitrogens with zero attached hydrogens (tertiary/aromatic N) is 5. The van der Waals surface area contributed by atoms with Crippen LogP contribution < -0.4 is 4.74 Å². The number of sulfonamides is 1. The van der Waals surface area contributed by atoms with Gasteiger partial charge in [0.05, 0.1) is 25.5 Å². The molecule has 3 atom stereocenters. The van der Waals surface area contributed by atoms with Gasteiger partial charge in [0.2, 0.25) is 5.88 Å². The number of amides is 1. The first kappa shape index (κ1) is 26.7. The number of rotatable bonds is 6. The molecule has 0 bridgehead atoms. The highest BCUT2D eigenvalue weighted by Gasteiger charge is 2.36. The molecule has 1 aliphatic rings. The number of imidazole rings is 1. The molecule has 0 unspecified atom stereocenters. The molecule has 1 amide bonds. The average molecular weight is 504 g/mol. The standard InChI is InChI=1S/C24H33N5O5S/c1-16(2)7-8-19-9-20-23(25-10-19)34-21(17(3)11-29(24(20)31)18(4)14-30)12-28(6)35(32,33)22-13-27(5)15-26-22/h9-10,13,15-18,21,30H,11-12,14H2,1-6H3/t17-,18-,21-/m0/s1. The van der Waals surface area contributed by atoms with E-state index in [4.69, 9.17) is 4.74 Å². The number of aromatic nitrogens is 3. The predicted octanol–water partition coefficient (Wildman–Crippen LogP) is 1.36. The smallest absolute Gasteiger partial charge is 0.261 e. The monoisotopic (exact) mass is 503 g/mol. The summed E-state index contributed by atoms with van der Waals surface area (Å²) in [6.07, 6.45) is 3.79. The maximum Gasteiger partial charge on any atom is 0.261 e. The molecule has 35 heavy (non-hydrogen) atoms. The minimum Gasteiger partial charge on any atom is -0.472 e. The molecular weight excluding hydrogens is 470 g/mol. The normalized spacial score (nSPS) is 19.5. The fraction of sp³-hybridized carbons (Fsp3) is 0.542. The maximum atomic E-state index is 13.4. The van der Waals surface area contributed by atoms with Crippen molar-refractivity contribution in [3.05, 3.63) is 35.9 Å². The second-order valence-electron chi connectivity index (χ2n) is 9.29. The van der Waals surface area contributed by atoms with Gasteiger partial charge in [-0.1, -0.05) is 32.6 Å². The fourth-order valence-corrected chi connectivity index (χ4v) is 4.79. The van der Waals surface area contributed by atoms with Crippen molar-refractivity contribution in [2.45, 2.75) is 44.9 Å². The highest BCUT2D eigenvalue weighted by molar-refractivity contribution is 7.89. The molecule has 190 valence electrons. The van der Waals surface area contributed by atoms with E-state index < -0.39 is 22.2 Å². The summed E-state index contributed by atoms with van der Waals surface area (Å²) in [5.74, 6) is 5.76. The Bertz CT molecular complexity index is 1230. The molecule has 0 radical (unpaired) electrons. The first-order valence-corrected chi connectivity index (χ1v) is 12.9. The Morgan fingerprint density at radius 2 is 2.03 bits per heavy atom. The van der Waals surface area contributed by atoms with Gasteiger partial charge in [-0.15, -0.1) is 0 Å². The summed E-state index contributed by atoms with van der Waals surface area (Å²) in [4.78, 5) is 23.3. The number of aliphatic hydroxyl groups is 1. The molecule has 11 heteroatoms. The third kappa shape index (κ3) is 6.01. The van der Waals surface area contributed by atoms with Crippen LogP contribution >= 0.6 is 0 Å². The van der Waals surface area contributed by atoms with Crippen LogP contribution in [-0.4, -0.2) is 82.1 Å². The van der Waals surface area contributed by atoms with Crippen LogP contribution in [0.1, 0.15) is 43.6 Å². The molecule has 2 aromatic rings. The maximum absolute atomic E-state index is 13.4. The third-order valence-corrected chi connectivity index (χ3v) is 7.53. The average Bonchev–Trinajstić information content (AvgIpc) is 3.26. The van der Waals surface area contributed by atoms with Crippen molar-refractivity contribution in [2.24, 2.45) is 18.9 Å². The lowest BCUT2D eigenvalue weighted by atomic mass is 10.00. The van der Waals surface area contributed by atoms with Crippen LogP contribution in [0.4, 0.5) is 0 Å². The minimum atomic E-state index is -3.84. The number of hydrogen-bond donors (Lipinski definition) is 1. The van der Waals surface area contributed by atoms with Gasteiger partial charge >= 0.3 is 0 Å². The van der Waals surface area contributed by atoms with Crippen molar-refractivity contribution in [3.8, 4) is 17.7 Å². The molecule has 0 saturated heterocycles. The second kappa shape index (κ2) is 10.8. The predicted molar refractivity (Wildman–Crippen MR) is 130 cm³/mol. The van der Waals surface area contributed by atoms with Gasteiger partial charge in [0.25, 0.3) is 15.9 Å². The number of likely N-dealkylation sites (N-methyl/N-ethyl adjacent to an activating group) is 1. The zero-order chi connectivity index (χ0) is 25.9. The largest absolute Gasteiger partial charge is 0.472 e. The van der Waals surface area contributed by atoms with E-state index in [1.54, 1.807) is 35.7 Å². The summed E-state index contributed by atoms with van der Waals surface area (Å²) < 4.78 is 35.0. The minimum absolute atomic E-state index is 0.0195. The Labute approximate surface area is 207 Å². The number of aliphatic hydroxyl groups excluding tert-OH is 1. The summed E-state index contributed by atoms with van der Waals surface area (Å²) in [7, 11) is -0.679. The van der Waals surface area contributed by atoms with Crippen LogP contribution in [0.2, 0.25) is 0 Å². The zero-order valence-electron chi connectivity index (χ0n) is 21.0. The summed E-state index contributed by atoms with van der Waals surface area (Å²) in [5.41, 5.74) is 0.805. The van der Waals surface area contributed by atoms with Crippen LogP contribution in [0, 0.1) is 23.7 Å². The number of fused-ring (bicyclic) bond motifs is 1. The van der Waals surface area contributed by atoms with Crippen molar-refractivity contribution in [3.63, 3.8) is 0 Å². The molecule has 0 aromatic carbocycles. The molecule has 1 N–H and O–H groups in total. The van der Waals surface area contributed by atoms with E-state index in [-0.39, 0.29) is 53.9 Å². The third-order valence-electron chi connectivity index (χ3n) is 5.82. The Balaban J connectivity index is 1.99. The van der Waals surface area contributed by atoms with Crippen molar-refractivity contribution in [1.82, 2.24) is 23.7 Å². The van der Waals surface area contributed by atoms with Gasteiger partial charge in [-0.3, -0.25) is 4.79 Å². The molecule has 1 aliphatic heterocycles. The fourth-order valence-electron chi connectivity index (χ4n) is 3.65. The van der Waals surface area contributed by atoms with Crippen LogP contribution in [-0.2, 0) is 17.1 Å². The van der Waals surface area contributed by atoms with E-state index in [0.29, 0.717) is 5.56 Å². The number of pyridine rings is 1. The molecule has 3 rings (SSSR count). The highest BCUT2D eigenvalue weighted by Crippen LogP contribution is 2.28. The lowest BCUT2D eigenvalue weighted by Crippen LogP contribution is -2.50.